The lowest BCUT2D eigenvalue weighted by Crippen LogP contribution is -2.41. The molecular weight excluding hydrogens is 328 g/mol. The molecule has 0 saturated heterocycles. The van der Waals surface area contributed by atoms with E-state index in [0.29, 0.717) is 18.1 Å². The molecule has 1 fully saturated rings. The summed E-state index contributed by atoms with van der Waals surface area (Å²) in [5, 5.41) is 7.99. The van der Waals surface area contributed by atoms with Gasteiger partial charge < -0.3 is 14.5 Å². The number of rotatable bonds is 5. The summed E-state index contributed by atoms with van der Waals surface area (Å²) in [6.45, 7) is 2.81. The van der Waals surface area contributed by atoms with E-state index in [4.69, 9.17) is 4.74 Å². The van der Waals surface area contributed by atoms with E-state index in [1.165, 1.54) is 0 Å². The van der Waals surface area contributed by atoms with Gasteiger partial charge in [0, 0.05) is 48.6 Å². The lowest BCUT2D eigenvalue weighted by atomic mass is 9.89. The molecule has 5 rings (SSSR count). The SMILES string of the molecule is CCOC1CC(Nc2ncc3c(-c4ccc5nccn5c4)ccn3n2)C1. The van der Waals surface area contributed by atoms with Crippen molar-refractivity contribution in [1.29, 1.82) is 0 Å². The summed E-state index contributed by atoms with van der Waals surface area (Å²) < 4.78 is 9.49. The van der Waals surface area contributed by atoms with Crippen molar-refractivity contribution in [3.05, 3.63) is 49.2 Å². The van der Waals surface area contributed by atoms with E-state index < -0.39 is 0 Å². The van der Waals surface area contributed by atoms with E-state index in [2.05, 4.69) is 38.7 Å². The number of aromatic nitrogens is 5. The minimum atomic E-state index is 0.373. The zero-order chi connectivity index (χ0) is 17.5. The monoisotopic (exact) mass is 348 g/mol. The molecule has 132 valence electrons. The fraction of sp³-hybridized carbons (Fsp3) is 0.316. The summed E-state index contributed by atoms with van der Waals surface area (Å²) in [7, 11) is 0. The standard InChI is InChI=1S/C19H20N6O/c1-2-26-15-9-14(10-15)22-19-21-11-17-16(5-7-25(17)23-19)13-3-4-18-20-6-8-24(18)12-13/h3-8,11-12,14-15H,2,9-10H2,1H3,(H,22,23). The third-order valence-electron chi connectivity index (χ3n) is 4.95. The molecule has 0 amide bonds. The number of ether oxygens (including phenoxy) is 1. The highest BCUT2D eigenvalue weighted by Gasteiger charge is 2.30. The second kappa shape index (κ2) is 6.10. The predicted octanol–water partition coefficient (Wildman–Crippen LogP) is 3.02. The van der Waals surface area contributed by atoms with Gasteiger partial charge in [0.05, 0.1) is 17.8 Å². The van der Waals surface area contributed by atoms with E-state index in [0.717, 1.165) is 41.7 Å². The van der Waals surface area contributed by atoms with Crippen molar-refractivity contribution in [2.45, 2.75) is 31.9 Å². The van der Waals surface area contributed by atoms with Crippen molar-refractivity contribution in [3.8, 4) is 11.1 Å². The minimum absolute atomic E-state index is 0.373. The summed E-state index contributed by atoms with van der Waals surface area (Å²) in [4.78, 5) is 8.80. The van der Waals surface area contributed by atoms with E-state index in [1.807, 2.05) is 40.5 Å². The van der Waals surface area contributed by atoms with E-state index >= 15 is 0 Å². The maximum absolute atomic E-state index is 5.60. The fourth-order valence-corrected chi connectivity index (χ4v) is 3.53. The minimum Gasteiger partial charge on any atom is -0.378 e. The molecule has 4 heterocycles. The van der Waals surface area contributed by atoms with Gasteiger partial charge in [-0.3, -0.25) is 0 Å². The third-order valence-corrected chi connectivity index (χ3v) is 4.95. The van der Waals surface area contributed by atoms with Crippen molar-refractivity contribution >= 4 is 17.1 Å². The predicted molar refractivity (Wildman–Crippen MR) is 99.2 cm³/mol. The number of pyridine rings is 1. The molecule has 1 aliphatic carbocycles. The molecule has 1 aliphatic rings. The van der Waals surface area contributed by atoms with Crippen molar-refractivity contribution in [1.82, 2.24) is 24.0 Å². The largest absolute Gasteiger partial charge is 0.378 e. The number of hydrogen-bond acceptors (Lipinski definition) is 5. The van der Waals surface area contributed by atoms with Crippen LogP contribution in [0.25, 0.3) is 22.3 Å². The smallest absolute Gasteiger partial charge is 0.241 e. The number of anilines is 1. The lowest BCUT2D eigenvalue weighted by Gasteiger charge is -2.35. The number of nitrogens with zero attached hydrogens (tertiary/aromatic N) is 5. The second-order valence-electron chi connectivity index (χ2n) is 6.64. The maximum atomic E-state index is 5.60. The van der Waals surface area contributed by atoms with Crippen LogP contribution in [0.5, 0.6) is 0 Å². The topological polar surface area (TPSA) is 68.8 Å². The van der Waals surface area contributed by atoms with Gasteiger partial charge in [-0.1, -0.05) is 0 Å². The van der Waals surface area contributed by atoms with Crippen LogP contribution in [0, 0.1) is 0 Å². The van der Waals surface area contributed by atoms with Gasteiger partial charge in [-0.2, -0.15) is 0 Å². The molecule has 0 bridgehead atoms. The van der Waals surface area contributed by atoms with Gasteiger partial charge in [0.15, 0.2) is 0 Å². The first-order valence-electron chi connectivity index (χ1n) is 8.96. The first-order chi connectivity index (χ1) is 12.8. The number of imidazole rings is 1. The molecule has 1 saturated carbocycles. The number of fused-ring (bicyclic) bond motifs is 2. The Morgan fingerprint density at radius 3 is 3.00 bits per heavy atom. The number of hydrogen-bond donors (Lipinski definition) is 1. The Balaban J connectivity index is 1.39. The Morgan fingerprint density at radius 1 is 1.19 bits per heavy atom. The van der Waals surface area contributed by atoms with Crippen molar-refractivity contribution in [2.75, 3.05) is 11.9 Å². The molecule has 26 heavy (non-hydrogen) atoms. The van der Waals surface area contributed by atoms with Crippen molar-refractivity contribution in [3.63, 3.8) is 0 Å². The molecule has 4 aromatic rings. The van der Waals surface area contributed by atoms with Crippen LogP contribution in [0.4, 0.5) is 5.95 Å². The normalized spacial score (nSPS) is 19.7. The van der Waals surface area contributed by atoms with Gasteiger partial charge in [-0.05, 0) is 38.0 Å². The van der Waals surface area contributed by atoms with E-state index in [1.54, 1.807) is 6.20 Å². The van der Waals surface area contributed by atoms with Crippen LogP contribution in [0.3, 0.4) is 0 Å². The second-order valence-corrected chi connectivity index (χ2v) is 6.64. The van der Waals surface area contributed by atoms with Crippen LogP contribution in [-0.4, -0.2) is 42.7 Å². The molecule has 1 N–H and O–H groups in total. The zero-order valence-electron chi connectivity index (χ0n) is 14.5. The lowest BCUT2D eigenvalue weighted by molar-refractivity contribution is 0.00283. The van der Waals surface area contributed by atoms with Gasteiger partial charge in [-0.15, -0.1) is 5.10 Å². The number of nitrogens with one attached hydrogen (secondary N) is 1. The van der Waals surface area contributed by atoms with Crippen LogP contribution in [0.2, 0.25) is 0 Å². The van der Waals surface area contributed by atoms with Gasteiger partial charge in [-0.25, -0.2) is 14.5 Å². The summed E-state index contributed by atoms with van der Waals surface area (Å²) >= 11 is 0. The van der Waals surface area contributed by atoms with Crippen LogP contribution >= 0.6 is 0 Å². The van der Waals surface area contributed by atoms with Crippen molar-refractivity contribution < 1.29 is 4.74 Å². The highest BCUT2D eigenvalue weighted by Crippen LogP contribution is 2.28. The third kappa shape index (κ3) is 2.61. The molecule has 0 unspecified atom stereocenters. The van der Waals surface area contributed by atoms with Crippen molar-refractivity contribution in [2.24, 2.45) is 0 Å². The molecular formula is C19H20N6O. The Kier molecular flexibility index (Phi) is 3.60. The Morgan fingerprint density at radius 2 is 2.12 bits per heavy atom. The van der Waals surface area contributed by atoms with Crippen LogP contribution in [0.1, 0.15) is 19.8 Å². The molecule has 0 spiro atoms. The summed E-state index contributed by atoms with van der Waals surface area (Å²) in [5.74, 6) is 0.657. The Hall–Kier alpha value is -2.93. The first-order valence-corrected chi connectivity index (χ1v) is 8.96. The maximum Gasteiger partial charge on any atom is 0.241 e. The van der Waals surface area contributed by atoms with E-state index in [9.17, 15) is 0 Å². The van der Waals surface area contributed by atoms with Gasteiger partial charge >= 0.3 is 0 Å². The molecule has 0 atom stereocenters. The highest BCUT2D eigenvalue weighted by molar-refractivity contribution is 5.80. The van der Waals surface area contributed by atoms with Gasteiger partial charge in [0.2, 0.25) is 5.95 Å². The van der Waals surface area contributed by atoms with Gasteiger partial charge in [0.25, 0.3) is 0 Å². The zero-order valence-corrected chi connectivity index (χ0v) is 14.5. The molecule has 7 heteroatoms. The van der Waals surface area contributed by atoms with E-state index in [-0.39, 0.29) is 0 Å². The summed E-state index contributed by atoms with van der Waals surface area (Å²) in [5.41, 5.74) is 4.13. The fourth-order valence-electron chi connectivity index (χ4n) is 3.53. The van der Waals surface area contributed by atoms with Gasteiger partial charge in [0.1, 0.15) is 5.65 Å². The molecule has 0 radical (unpaired) electrons. The molecule has 0 aromatic carbocycles. The average molecular weight is 348 g/mol. The first kappa shape index (κ1) is 15.3. The summed E-state index contributed by atoms with van der Waals surface area (Å²) in [6, 6.07) is 6.55. The molecule has 0 aliphatic heterocycles. The van der Waals surface area contributed by atoms with Crippen LogP contribution in [0.15, 0.2) is 49.2 Å². The highest BCUT2D eigenvalue weighted by atomic mass is 16.5. The van der Waals surface area contributed by atoms with Crippen LogP contribution in [-0.2, 0) is 4.74 Å². The summed E-state index contributed by atoms with van der Waals surface area (Å²) in [6.07, 6.45) is 12.1. The quantitative estimate of drug-likeness (QED) is 0.600. The average Bonchev–Trinajstić information content (AvgIpc) is 3.25. The Labute approximate surface area is 150 Å². The van der Waals surface area contributed by atoms with Crippen LogP contribution < -0.4 is 5.32 Å². The Bertz CT molecular complexity index is 1060. The molecule has 7 nitrogen and oxygen atoms in total. The molecule has 4 aromatic heterocycles.